The Hall–Kier alpha value is -1.88. The predicted molar refractivity (Wildman–Crippen MR) is 69.3 cm³/mol. The van der Waals surface area contributed by atoms with Gasteiger partial charge >= 0.3 is 0 Å². The Morgan fingerprint density at radius 1 is 1.29 bits per heavy atom. The fourth-order valence-electron chi connectivity index (χ4n) is 1.70. The summed E-state index contributed by atoms with van der Waals surface area (Å²) in [6.07, 6.45) is 1.89. The van der Waals surface area contributed by atoms with E-state index in [2.05, 4.69) is 39.8 Å². The van der Waals surface area contributed by atoms with Gasteiger partial charge < -0.3 is 5.32 Å². The molecule has 0 fully saturated rings. The van der Waals surface area contributed by atoms with Crippen LogP contribution in [-0.4, -0.2) is 14.6 Å². The Balaban J connectivity index is 1.85. The zero-order valence-electron chi connectivity index (χ0n) is 9.37. The molecule has 4 nitrogen and oxygen atoms in total. The fourth-order valence-corrected chi connectivity index (χ4v) is 2.43. The molecule has 86 valence electrons. The van der Waals surface area contributed by atoms with Crippen LogP contribution in [0.15, 0.2) is 41.9 Å². The summed E-state index contributed by atoms with van der Waals surface area (Å²) in [5.74, 6) is 0.664. The lowest BCUT2D eigenvalue weighted by Gasteiger charge is -2.09. The molecule has 3 aromatic heterocycles. The second kappa shape index (κ2) is 4.18. The van der Waals surface area contributed by atoms with Crippen molar-refractivity contribution in [3.63, 3.8) is 0 Å². The molecule has 0 amide bonds. The number of rotatable bonds is 3. The van der Waals surface area contributed by atoms with Crippen LogP contribution in [0.1, 0.15) is 17.8 Å². The first kappa shape index (κ1) is 10.3. The van der Waals surface area contributed by atoms with Gasteiger partial charge in [0.2, 0.25) is 5.95 Å². The molecule has 5 heteroatoms. The molecule has 0 aliphatic heterocycles. The summed E-state index contributed by atoms with van der Waals surface area (Å²) in [6, 6.07) is 10.2. The molecule has 0 saturated heterocycles. The summed E-state index contributed by atoms with van der Waals surface area (Å²) in [4.78, 5) is 5.69. The minimum atomic E-state index is 0.229. The minimum absolute atomic E-state index is 0.229. The third kappa shape index (κ3) is 2.01. The van der Waals surface area contributed by atoms with E-state index in [-0.39, 0.29) is 6.04 Å². The minimum Gasteiger partial charge on any atom is -0.346 e. The van der Waals surface area contributed by atoms with Gasteiger partial charge in [-0.2, -0.15) is 4.98 Å². The SMILES string of the molecule is CC(Nc1nc2ccccn2n1)c1cccs1. The van der Waals surface area contributed by atoms with Crippen molar-refractivity contribution in [3.8, 4) is 0 Å². The lowest BCUT2D eigenvalue weighted by Crippen LogP contribution is -2.06. The zero-order chi connectivity index (χ0) is 11.7. The largest absolute Gasteiger partial charge is 0.346 e. The van der Waals surface area contributed by atoms with Crippen LogP contribution in [0.2, 0.25) is 0 Å². The van der Waals surface area contributed by atoms with E-state index in [0.29, 0.717) is 5.95 Å². The number of pyridine rings is 1. The second-order valence-corrected chi connectivity index (χ2v) is 4.80. The molecule has 1 unspecified atom stereocenters. The summed E-state index contributed by atoms with van der Waals surface area (Å²) >= 11 is 1.73. The quantitative estimate of drug-likeness (QED) is 0.770. The van der Waals surface area contributed by atoms with Crippen molar-refractivity contribution in [3.05, 3.63) is 46.8 Å². The summed E-state index contributed by atoms with van der Waals surface area (Å²) in [6.45, 7) is 2.11. The molecule has 3 aromatic rings. The van der Waals surface area contributed by atoms with E-state index in [0.717, 1.165) is 5.65 Å². The second-order valence-electron chi connectivity index (χ2n) is 3.82. The number of anilines is 1. The number of hydrogen-bond donors (Lipinski definition) is 1. The van der Waals surface area contributed by atoms with Gasteiger partial charge in [0, 0.05) is 11.1 Å². The molecule has 0 aliphatic rings. The molecule has 0 aromatic carbocycles. The van der Waals surface area contributed by atoms with E-state index in [1.54, 1.807) is 15.9 Å². The maximum atomic E-state index is 4.41. The van der Waals surface area contributed by atoms with E-state index in [1.165, 1.54) is 4.88 Å². The molecular weight excluding hydrogens is 232 g/mol. The first-order valence-electron chi connectivity index (χ1n) is 5.44. The predicted octanol–water partition coefficient (Wildman–Crippen LogP) is 2.96. The average Bonchev–Trinajstić information content (AvgIpc) is 2.97. The van der Waals surface area contributed by atoms with Crippen LogP contribution in [0, 0.1) is 0 Å². The van der Waals surface area contributed by atoms with E-state index in [9.17, 15) is 0 Å². The van der Waals surface area contributed by atoms with Crippen LogP contribution in [0.3, 0.4) is 0 Å². The first-order chi connectivity index (χ1) is 8.33. The van der Waals surface area contributed by atoms with Crippen LogP contribution in [0.5, 0.6) is 0 Å². The van der Waals surface area contributed by atoms with Crippen molar-refractivity contribution in [1.82, 2.24) is 14.6 Å². The monoisotopic (exact) mass is 244 g/mol. The highest BCUT2D eigenvalue weighted by atomic mass is 32.1. The molecule has 1 N–H and O–H groups in total. The molecule has 0 saturated carbocycles. The van der Waals surface area contributed by atoms with Crippen LogP contribution < -0.4 is 5.32 Å². The maximum Gasteiger partial charge on any atom is 0.243 e. The van der Waals surface area contributed by atoms with Crippen molar-refractivity contribution < 1.29 is 0 Å². The number of fused-ring (bicyclic) bond motifs is 1. The van der Waals surface area contributed by atoms with Gasteiger partial charge in [0.25, 0.3) is 0 Å². The summed E-state index contributed by atoms with van der Waals surface area (Å²) in [5, 5.41) is 9.74. The standard InChI is InChI=1S/C12H12N4S/c1-9(10-5-4-8-17-10)13-12-14-11-6-2-3-7-16(11)15-12/h2-9H,1H3,(H,13,15). The Bertz CT molecular complexity index is 581. The average molecular weight is 244 g/mol. The topological polar surface area (TPSA) is 42.2 Å². The van der Waals surface area contributed by atoms with Gasteiger partial charge in [-0.15, -0.1) is 16.4 Å². The van der Waals surface area contributed by atoms with Gasteiger partial charge in [0.1, 0.15) is 0 Å². The summed E-state index contributed by atoms with van der Waals surface area (Å²) < 4.78 is 1.77. The lowest BCUT2D eigenvalue weighted by molar-refractivity contribution is 0.869. The van der Waals surface area contributed by atoms with Crippen molar-refractivity contribution in [2.24, 2.45) is 0 Å². The van der Waals surface area contributed by atoms with Crippen molar-refractivity contribution in [1.29, 1.82) is 0 Å². The van der Waals surface area contributed by atoms with E-state index in [1.807, 2.05) is 24.4 Å². The summed E-state index contributed by atoms with van der Waals surface area (Å²) in [7, 11) is 0. The normalized spacial score (nSPS) is 12.8. The highest BCUT2D eigenvalue weighted by molar-refractivity contribution is 7.10. The molecule has 0 aliphatic carbocycles. The third-order valence-corrected chi connectivity index (χ3v) is 3.61. The molecule has 3 rings (SSSR count). The van der Waals surface area contributed by atoms with Gasteiger partial charge in [-0.3, -0.25) is 0 Å². The van der Waals surface area contributed by atoms with Crippen LogP contribution in [-0.2, 0) is 0 Å². The highest BCUT2D eigenvalue weighted by Crippen LogP contribution is 2.21. The fraction of sp³-hybridized carbons (Fsp3) is 0.167. The van der Waals surface area contributed by atoms with Crippen molar-refractivity contribution in [2.45, 2.75) is 13.0 Å². The molecule has 1 atom stereocenters. The molecule has 0 bridgehead atoms. The number of hydrogen-bond acceptors (Lipinski definition) is 4. The van der Waals surface area contributed by atoms with Gasteiger partial charge in [0.15, 0.2) is 5.65 Å². The Morgan fingerprint density at radius 2 is 2.24 bits per heavy atom. The zero-order valence-corrected chi connectivity index (χ0v) is 10.2. The Morgan fingerprint density at radius 3 is 3.00 bits per heavy atom. The lowest BCUT2D eigenvalue weighted by atomic mass is 10.3. The Kier molecular flexibility index (Phi) is 2.53. The smallest absolute Gasteiger partial charge is 0.243 e. The summed E-state index contributed by atoms with van der Waals surface area (Å²) in [5.41, 5.74) is 0.855. The first-order valence-corrected chi connectivity index (χ1v) is 6.32. The van der Waals surface area contributed by atoms with Gasteiger partial charge in [-0.05, 0) is 30.5 Å². The molecular formula is C12H12N4S. The third-order valence-electron chi connectivity index (χ3n) is 2.56. The number of nitrogens with zero attached hydrogens (tertiary/aromatic N) is 3. The van der Waals surface area contributed by atoms with Gasteiger partial charge in [-0.25, -0.2) is 4.52 Å². The van der Waals surface area contributed by atoms with Gasteiger partial charge in [-0.1, -0.05) is 12.1 Å². The number of nitrogens with one attached hydrogen (secondary N) is 1. The molecule has 0 spiro atoms. The van der Waals surface area contributed by atoms with E-state index >= 15 is 0 Å². The van der Waals surface area contributed by atoms with Crippen molar-refractivity contribution in [2.75, 3.05) is 5.32 Å². The number of aromatic nitrogens is 3. The maximum absolute atomic E-state index is 4.41. The highest BCUT2D eigenvalue weighted by Gasteiger charge is 2.09. The molecule has 3 heterocycles. The van der Waals surface area contributed by atoms with E-state index < -0.39 is 0 Å². The number of thiophene rings is 1. The van der Waals surface area contributed by atoms with E-state index in [4.69, 9.17) is 0 Å². The van der Waals surface area contributed by atoms with Gasteiger partial charge in [0.05, 0.1) is 6.04 Å². The molecule has 17 heavy (non-hydrogen) atoms. The van der Waals surface area contributed by atoms with Crippen LogP contribution in [0.4, 0.5) is 5.95 Å². The van der Waals surface area contributed by atoms with Crippen molar-refractivity contribution >= 4 is 22.9 Å². The van der Waals surface area contributed by atoms with Crippen LogP contribution >= 0.6 is 11.3 Å². The Labute approximate surface area is 103 Å². The molecule has 0 radical (unpaired) electrons. The van der Waals surface area contributed by atoms with Crippen LogP contribution in [0.25, 0.3) is 5.65 Å².